The number of rotatable bonds is 5. The predicted octanol–water partition coefficient (Wildman–Crippen LogP) is 6.89. The Morgan fingerprint density at radius 1 is 0.821 bits per heavy atom. The zero-order valence-corrected chi connectivity index (χ0v) is 16.8. The number of nitrogens with zero attached hydrogens (tertiary/aromatic N) is 2. The summed E-state index contributed by atoms with van der Waals surface area (Å²) in [5.41, 5.74) is 7.69. The molecule has 0 bridgehead atoms. The lowest BCUT2D eigenvalue weighted by Crippen LogP contribution is -2.08. The summed E-state index contributed by atoms with van der Waals surface area (Å²) >= 11 is 0. The van der Waals surface area contributed by atoms with Crippen LogP contribution in [0.25, 0.3) is 28.2 Å². The van der Waals surface area contributed by atoms with Gasteiger partial charge in [-0.25, -0.2) is 4.98 Å². The maximum absolute atomic E-state index is 4.70. The van der Waals surface area contributed by atoms with Gasteiger partial charge in [-0.2, -0.15) is 0 Å². The van der Waals surface area contributed by atoms with Crippen LogP contribution in [0.3, 0.4) is 0 Å². The van der Waals surface area contributed by atoms with Crippen LogP contribution in [0.2, 0.25) is 0 Å². The topological polar surface area (TPSA) is 17.8 Å². The Hall–Kier alpha value is -3.13. The second-order valence-corrected chi connectivity index (χ2v) is 7.39. The first-order valence-electron chi connectivity index (χ1n) is 10.0. The first-order chi connectivity index (χ1) is 13.7. The van der Waals surface area contributed by atoms with Gasteiger partial charge in [0, 0.05) is 18.0 Å². The molecule has 2 heteroatoms. The van der Waals surface area contributed by atoms with E-state index in [1.165, 1.54) is 27.9 Å². The molecule has 0 aliphatic carbocycles. The van der Waals surface area contributed by atoms with E-state index in [0.717, 1.165) is 17.8 Å². The number of hydrogen-bond acceptors (Lipinski definition) is 1. The van der Waals surface area contributed by atoms with Crippen molar-refractivity contribution < 1.29 is 0 Å². The molecule has 0 saturated carbocycles. The SMILES string of the molecule is CCc1c(-c2ccccc2)ccc(C(C)C)c1-n1ccnc1-c1ccccc1. The van der Waals surface area contributed by atoms with Gasteiger partial charge in [-0.3, -0.25) is 4.57 Å². The van der Waals surface area contributed by atoms with Crippen molar-refractivity contribution in [2.45, 2.75) is 33.1 Å². The van der Waals surface area contributed by atoms with E-state index in [-0.39, 0.29) is 0 Å². The molecule has 0 spiro atoms. The summed E-state index contributed by atoms with van der Waals surface area (Å²) in [6.07, 6.45) is 4.96. The molecular formula is C26H26N2. The van der Waals surface area contributed by atoms with Crippen molar-refractivity contribution >= 4 is 0 Å². The molecule has 2 nitrogen and oxygen atoms in total. The van der Waals surface area contributed by atoms with E-state index in [1.807, 2.05) is 12.3 Å². The van der Waals surface area contributed by atoms with Crippen molar-refractivity contribution in [3.63, 3.8) is 0 Å². The summed E-state index contributed by atoms with van der Waals surface area (Å²) in [5, 5.41) is 0. The number of hydrogen-bond donors (Lipinski definition) is 0. The highest BCUT2D eigenvalue weighted by Crippen LogP contribution is 2.36. The zero-order valence-electron chi connectivity index (χ0n) is 16.8. The average molecular weight is 367 g/mol. The molecule has 3 aromatic carbocycles. The summed E-state index contributed by atoms with van der Waals surface area (Å²) in [5.74, 6) is 1.42. The quantitative estimate of drug-likeness (QED) is 0.376. The maximum atomic E-state index is 4.70. The molecule has 4 rings (SSSR count). The van der Waals surface area contributed by atoms with Gasteiger partial charge in [0.1, 0.15) is 5.82 Å². The number of benzene rings is 3. The standard InChI is InChI=1S/C26H26N2/c1-4-22-24(20-11-7-5-8-12-20)16-15-23(19(2)3)25(22)28-18-17-27-26(28)21-13-9-6-10-14-21/h5-19H,4H2,1-3H3. The third kappa shape index (κ3) is 3.27. The summed E-state index contributed by atoms with van der Waals surface area (Å²) in [6.45, 7) is 6.77. The summed E-state index contributed by atoms with van der Waals surface area (Å²) in [7, 11) is 0. The molecule has 0 amide bonds. The molecular weight excluding hydrogens is 340 g/mol. The first-order valence-corrected chi connectivity index (χ1v) is 10.0. The number of aromatic nitrogens is 2. The van der Waals surface area contributed by atoms with E-state index in [2.05, 4.69) is 98.3 Å². The number of imidazole rings is 1. The van der Waals surface area contributed by atoms with Crippen LogP contribution in [-0.4, -0.2) is 9.55 Å². The lowest BCUT2D eigenvalue weighted by atomic mass is 9.89. The third-order valence-electron chi connectivity index (χ3n) is 5.29. The zero-order chi connectivity index (χ0) is 19.5. The largest absolute Gasteiger partial charge is 0.299 e. The Morgan fingerprint density at radius 2 is 1.46 bits per heavy atom. The van der Waals surface area contributed by atoms with Gasteiger partial charge in [-0.05, 0) is 34.6 Å². The summed E-state index contributed by atoms with van der Waals surface area (Å²) < 4.78 is 2.27. The van der Waals surface area contributed by atoms with E-state index in [4.69, 9.17) is 4.98 Å². The smallest absolute Gasteiger partial charge is 0.144 e. The van der Waals surface area contributed by atoms with E-state index < -0.39 is 0 Å². The van der Waals surface area contributed by atoms with Crippen LogP contribution in [0.1, 0.15) is 37.8 Å². The van der Waals surface area contributed by atoms with Gasteiger partial charge >= 0.3 is 0 Å². The van der Waals surface area contributed by atoms with E-state index in [0.29, 0.717) is 5.92 Å². The molecule has 1 aromatic heterocycles. The van der Waals surface area contributed by atoms with E-state index >= 15 is 0 Å². The predicted molar refractivity (Wildman–Crippen MR) is 118 cm³/mol. The fourth-order valence-corrected chi connectivity index (χ4v) is 3.94. The highest BCUT2D eigenvalue weighted by atomic mass is 15.1. The van der Waals surface area contributed by atoms with Crippen LogP contribution < -0.4 is 0 Å². The fraction of sp³-hybridized carbons (Fsp3) is 0.192. The molecule has 0 aliphatic rings. The van der Waals surface area contributed by atoms with E-state index in [1.54, 1.807) is 0 Å². The van der Waals surface area contributed by atoms with Crippen molar-refractivity contribution in [1.29, 1.82) is 0 Å². The van der Waals surface area contributed by atoms with Gasteiger partial charge in [0.05, 0.1) is 5.69 Å². The van der Waals surface area contributed by atoms with E-state index in [9.17, 15) is 0 Å². The molecule has 0 fully saturated rings. The highest BCUT2D eigenvalue weighted by molar-refractivity contribution is 5.74. The molecule has 140 valence electrons. The minimum absolute atomic E-state index is 0.427. The average Bonchev–Trinajstić information content (AvgIpc) is 3.23. The van der Waals surface area contributed by atoms with Gasteiger partial charge in [-0.1, -0.05) is 93.6 Å². The minimum atomic E-state index is 0.427. The summed E-state index contributed by atoms with van der Waals surface area (Å²) in [6, 6.07) is 25.7. The van der Waals surface area contributed by atoms with Crippen molar-refractivity contribution in [2.24, 2.45) is 0 Å². The molecule has 0 radical (unpaired) electrons. The molecule has 28 heavy (non-hydrogen) atoms. The van der Waals surface area contributed by atoms with Gasteiger partial charge in [0.15, 0.2) is 0 Å². The van der Waals surface area contributed by atoms with Gasteiger partial charge < -0.3 is 0 Å². The van der Waals surface area contributed by atoms with Crippen LogP contribution in [0.15, 0.2) is 85.2 Å². The Balaban J connectivity index is 2.00. The molecule has 0 unspecified atom stereocenters. The van der Waals surface area contributed by atoms with Crippen LogP contribution in [0, 0.1) is 0 Å². The first kappa shape index (κ1) is 18.2. The third-order valence-corrected chi connectivity index (χ3v) is 5.29. The highest BCUT2D eigenvalue weighted by Gasteiger charge is 2.19. The maximum Gasteiger partial charge on any atom is 0.144 e. The molecule has 0 N–H and O–H groups in total. The van der Waals surface area contributed by atoms with Crippen molar-refractivity contribution in [3.8, 4) is 28.2 Å². The molecule has 0 saturated heterocycles. The van der Waals surface area contributed by atoms with Crippen LogP contribution in [0.5, 0.6) is 0 Å². The second-order valence-electron chi connectivity index (χ2n) is 7.39. The molecule has 1 heterocycles. The second kappa shape index (κ2) is 7.85. The lowest BCUT2D eigenvalue weighted by molar-refractivity contribution is 0.839. The van der Waals surface area contributed by atoms with Crippen molar-refractivity contribution in [1.82, 2.24) is 9.55 Å². The fourth-order valence-electron chi connectivity index (χ4n) is 3.94. The van der Waals surface area contributed by atoms with Gasteiger partial charge in [0.25, 0.3) is 0 Å². The lowest BCUT2D eigenvalue weighted by Gasteiger charge is -2.22. The normalized spacial score (nSPS) is 11.1. The molecule has 0 atom stereocenters. The van der Waals surface area contributed by atoms with Crippen LogP contribution >= 0.6 is 0 Å². The van der Waals surface area contributed by atoms with Crippen molar-refractivity contribution in [2.75, 3.05) is 0 Å². The Labute approximate surface area is 167 Å². The van der Waals surface area contributed by atoms with Crippen LogP contribution in [-0.2, 0) is 6.42 Å². The molecule has 0 aliphatic heterocycles. The van der Waals surface area contributed by atoms with Gasteiger partial charge in [-0.15, -0.1) is 0 Å². The monoisotopic (exact) mass is 366 g/mol. The Kier molecular flexibility index (Phi) is 5.12. The van der Waals surface area contributed by atoms with Gasteiger partial charge in [0.2, 0.25) is 0 Å². The van der Waals surface area contributed by atoms with Crippen LogP contribution in [0.4, 0.5) is 0 Å². The summed E-state index contributed by atoms with van der Waals surface area (Å²) in [4.78, 5) is 4.70. The molecule has 4 aromatic rings. The Morgan fingerprint density at radius 3 is 2.07 bits per heavy atom. The minimum Gasteiger partial charge on any atom is -0.299 e. The van der Waals surface area contributed by atoms with Crippen molar-refractivity contribution in [3.05, 3.63) is 96.3 Å². The Bertz CT molecular complexity index is 1060.